The molecule has 0 spiro atoms. The number of nitrogens with one attached hydrogen (secondary N) is 1. The number of hydrogen-bond donors (Lipinski definition) is 4. The highest BCUT2D eigenvalue weighted by atomic mass is 16.3. The van der Waals surface area contributed by atoms with Crippen molar-refractivity contribution in [2.24, 2.45) is 0 Å². The Morgan fingerprint density at radius 1 is 1.32 bits per heavy atom. The summed E-state index contributed by atoms with van der Waals surface area (Å²) >= 11 is 0. The molecule has 0 amide bonds. The number of unbranched alkanes of at least 4 members (excludes halogenated alkanes) is 3. The molecule has 0 saturated heterocycles. The summed E-state index contributed by atoms with van der Waals surface area (Å²) in [6, 6.07) is 4.81. The quantitative estimate of drug-likeness (QED) is 0.515. The van der Waals surface area contributed by atoms with Gasteiger partial charge in [0.15, 0.2) is 0 Å². The van der Waals surface area contributed by atoms with Crippen molar-refractivity contribution < 1.29 is 15.3 Å². The molecule has 0 unspecified atom stereocenters. The third kappa shape index (κ3) is 5.59. The molecule has 0 heterocycles. The largest absolute Gasteiger partial charge is 0.508 e. The van der Waals surface area contributed by atoms with Crippen LogP contribution in [-0.4, -0.2) is 28.4 Å². The smallest absolute Gasteiger partial charge is 0.121 e. The molecule has 0 fully saturated rings. The molecule has 1 aromatic rings. The van der Waals surface area contributed by atoms with E-state index in [4.69, 9.17) is 5.11 Å². The molecule has 1 atom stereocenters. The lowest BCUT2D eigenvalue weighted by atomic mass is 10.1. The minimum atomic E-state index is -0.622. The third-order valence-corrected chi connectivity index (χ3v) is 3.09. The summed E-state index contributed by atoms with van der Waals surface area (Å²) in [5.74, 6) is 0.0576. The molecule has 1 radical (unpaired) electrons. The predicted octanol–water partition coefficient (Wildman–Crippen LogP) is 1.90. The maximum atomic E-state index is 10.0. The highest BCUT2D eigenvalue weighted by molar-refractivity contribution is 5.36. The van der Waals surface area contributed by atoms with Crippen molar-refractivity contribution in [2.75, 3.05) is 13.1 Å². The van der Waals surface area contributed by atoms with Gasteiger partial charge >= 0.3 is 0 Å². The first kappa shape index (κ1) is 16.0. The Bertz CT molecular complexity index is 368. The lowest BCUT2D eigenvalue weighted by molar-refractivity contribution is 0.174. The van der Waals surface area contributed by atoms with Gasteiger partial charge in [-0.2, -0.15) is 0 Å². The first-order chi connectivity index (χ1) is 9.19. The lowest BCUT2D eigenvalue weighted by Crippen LogP contribution is -2.22. The molecule has 4 N–H and O–H groups in total. The number of aromatic hydroxyl groups is 1. The van der Waals surface area contributed by atoms with Crippen LogP contribution >= 0.6 is 0 Å². The molecule has 4 nitrogen and oxygen atoms in total. The van der Waals surface area contributed by atoms with Crippen LogP contribution in [0.1, 0.15) is 43.4 Å². The van der Waals surface area contributed by atoms with Gasteiger partial charge in [0.1, 0.15) is 5.75 Å². The van der Waals surface area contributed by atoms with E-state index in [0.29, 0.717) is 17.7 Å². The average Bonchev–Trinajstić information content (AvgIpc) is 2.43. The van der Waals surface area contributed by atoms with Crippen LogP contribution in [0.25, 0.3) is 0 Å². The summed E-state index contributed by atoms with van der Waals surface area (Å²) < 4.78 is 0. The van der Waals surface area contributed by atoms with Crippen molar-refractivity contribution >= 4 is 0 Å². The number of rotatable bonds is 9. The topological polar surface area (TPSA) is 72.7 Å². The van der Waals surface area contributed by atoms with Crippen LogP contribution in [0.2, 0.25) is 0 Å². The fourth-order valence-electron chi connectivity index (χ4n) is 1.89. The van der Waals surface area contributed by atoms with Crippen molar-refractivity contribution in [1.29, 1.82) is 0 Å². The minimum Gasteiger partial charge on any atom is -0.508 e. The van der Waals surface area contributed by atoms with E-state index in [1.54, 1.807) is 12.1 Å². The predicted molar refractivity (Wildman–Crippen MR) is 75.7 cm³/mol. The third-order valence-electron chi connectivity index (χ3n) is 3.09. The Balaban J connectivity index is 2.34. The zero-order valence-corrected chi connectivity index (χ0v) is 11.5. The van der Waals surface area contributed by atoms with Crippen LogP contribution < -0.4 is 5.32 Å². The molecule has 1 rings (SSSR count). The zero-order chi connectivity index (χ0) is 14.1. The number of aliphatic hydroxyl groups excluding tert-OH is 2. The Kier molecular flexibility index (Phi) is 7.48. The maximum Gasteiger partial charge on any atom is 0.121 e. The first-order valence-corrected chi connectivity index (χ1v) is 6.78. The Labute approximate surface area is 115 Å². The van der Waals surface area contributed by atoms with Crippen LogP contribution in [-0.2, 0) is 6.61 Å². The van der Waals surface area contributed by atoms with Crippen molar-refractivity contribution in [2.45, 2.75) is 38.9 Å². The first-order valence-electron chi connectivity index (χ1n) is 6.78. The van der Waals surface area contributed by atoms with Crippen LogP contribution in [0.15, 0.2) is 18.2 Å². The number of benzene rings is 1. The van der Waals surface area contributed by atoms with Gasteiger partial charge in [0.2, 0.25) is 0 Å². The molecule has 4 heteroatoms. The van der Waals surface area contributed by atoms with Gasteiger partial charge in [-0.3, -0.25) is 0 Å². The number of phenols is 1. The van der Waals surface area contributed by atoms with Gasteiger partial charge in [-0.1, -0.05) is 25.8 Å². The summed E-state index contributed by atoms with van der Waals surface area (Å²) in [5.41, 5.74) is 1.14. The van der Waals surface area contributed by atoms with E-state index in [0.717, 1.165) is 25.8 Å². The second kappa shape index (κ2) is 8.91. The van der Waals surface area contributed by atoms with E-state index < -0.39 is 6.10 Å². The lowest BCUT2D eigenvalue weighted by Gasteiger charge is -2.13. The highest BCUT2D eigenvalue weighted by Crippen LogP contribution is 2.22. The van der Waals surface area contributed by atoms with Gasteiger partial charge < -0.3 is 20.6 Å². The van der Waals surface area contributed by atoms with Crippen molar-refractivity contribution in [3.8, 4) is 5.75 Å². The van der Waals surface area contributed by atoms with Crippen LogP contribution in [0, 0.1) is 6.42 Å². The average molecular weight is 266 g/mol. The number of aliphatic hydroxyl groups is 2. The van der Waals surface area contributed by atoms with Crippen molar-refractivity contribution in [1.82, 2.24) is 5.32 Å². The SMILES string of the molecule is C[CH]CCCCNC[C@H](O)c1ccc(O)c(CO)c1. The van der Waals surface area contributed by atoms with Crippen LogP contribution in [0.3, 0.4) is 0 Å². The molecule has 0 aromatic heterocycles. The van der Waals surface area contributed by atoms with Gasteiger partial charge in [-0.15, -0.1) is 0 Å². The summed E-state index contributed by atoms with van der Waals surface area (Å²) in [5, 5.41) is 31.7. The number of hydrogen-bond acceptors (Lipinski definition) is 4. The normalized spacial score (nSPS) is 12.6. The maximum absolute atomic E-state index is 10.0. The molecule has 107 valence electrons. The molecule has 0 bridgehead atoms. The summed E-state index contributed by atoms with van der Waals surface area (Å²) in [7, 11) is 0. The van der Waals surface area contributed by atoms with Crippen molar-refractivity contribution in [3.63, 3.8) is 0 Å². The second-order valence-corrected chi connectivity index (χ2v) is 4.67. The second-order valence-electron chi connectivity index (χ2n) is 4.67. The Morgan fingerprint density at radius 3 is 2.79 bits per heavy atom. The monoisotopic (exact) mass is 266 g/mol. The highest BCUT2D eigenvalue weighted by Gasteiger charge is 2.09. The van der Waals surface area contributed by atoms with Gasteiger partial charge in [0, 0.05) is 12.1 Å². The molecular formula is C15H24NO3. The molecule has 1 aromatic carbocycles. The molecule has 19 heavy (non-hydrogen) atoms. The summed E-state index contributed by atoms with van der Waals surface area (Å²) in [6.45, 7) is 3.19. The van der Waals surface area contributed by atoms with E-state index in [2.05, 4.69) is 18.7 Å². The van der Waals surface area contributed by atoms with E-state index >= 15 is 0 Å². The standard InChI is InChI=1S/C15H24NO3/c1-2-3-4-5-8-16-10-15(19)12-6-7-14(18)13(9-12)11-17/h2,6-7,9,15-19H,3-5,8,10-11H2,1H3/t15-/m0/s1. The zero-order valence-electron chi connectivity index (χ0n) is 11.5. The van der Waals surface area contributed by atoms with E-state index in [-0.39, 0.29) is 12.4 Å². The van der Waals surface area contributed by atoms with Gasteiger partial charge in [-0.25, -0.2) is 0 Å². The summed E-state index contributed by atoms with van der Waals surface area (Å²) in [6.07, 6.45) is 4.91. The van der Waals surface area contributed by atoms with Gasteiger partial charge in [0.25, 0.3) is 0 Å². The fraction of sp³-hybridized carbons (Fsp3) is 0.533. The fourth-order valence-corrected chi connectivity index (χ4v) is 1.89. The molecule has 0 aliphatic heterocycles. The Hall–Kier alpha value is -1.10. The molecule has 0 aliphatic carbocycles. The molecule has 0 aliphatic rings. The van der Waals surface area contributed by atoms with E-state index in [1.807, 2.05) is 0 Å². The molecular weight excluding hydrogens is 242 g/mol. The van der Waals surface area contributed by atoms with E-state index in [1.165, 1.54) is 6.07 Å². The Morgan fingerprint density at radius 2 is 2.11 bits per heavy atom. The minimum absolute atomic E-state index is 0.0576. The van der Waals surface area contributed by atoms with Gasteiger partial charge in [0.05, 0.1) is 12.7 Å². The van der Waals surface area contributed by atoms with Crippen LogP contribution in [0.5, 0.6) is 5.75 Å². The van der Waals surface area contributed by atoms with Crippen LogP contribution in [0.4, 0.5) is 0 Å². The summed E-state index contributed by atoms with van der Waals surface area (Å²) in [4.78, 5) is 0. The van der Waals surface area contributed by atoms with Crippen molar-refractivity contribution in [3.05, 3.63) is 35.7 Å². The van der Waals surface area contributed by atoms with Gasteiger partial charge in [-0.05, 0) is 37.1 Å². The van der Waals surface area contributed by atoms with E-state index in [9.17, 15) is 10.2 Å². The molecule has 0 saturated carbocycles.